The lowest BCUT2D eigenvalue weighted by molar-refractivity contribution is -0.181. The Bertz CT molecular complexity index is 1240. The van der Waals surface area contributed by atoms with Gasteiger partial charge in [0.25, 0.3) is 0 Å². The monoisotopic (exact) mass is 452 g/mol. The number of benzene rings is 3. The summed E-state index contributed by atoms with van der Waals surface area (Å²) in [4.78, 5) is 13.9. The van der Waals surface area contributed by atoms with Gasteiger partial charge >= 0.3 is 5.97 Å². The molecular weight excluding hydrogens is 420 g/mol. The smallest absolute Gasteiger partial charge is 0.317 e. The van der Waals surface area contributed by atoms with Crippen molar-refractivity contribution in [2.45, 2.75) is 38.0 Å². The van der Waals surface area contributed by atoms with Crippen LogP contribution in [0.5, 0.6) is 5.75 Å². The Morgan fingerprint density at radius 2 is 1.62 bits per heavy atom. The minimum absolute atomic E-state index is 0.0976. The predicted molar refractivity (Wildman–Crippen MR) is 137 cm³/mol. The van der Waals surface area contributed by atoms with Gasteiger partial charge in [-0.1, -0.05) is 86.7 Å². The maximum Gasteiger partial charge on any atom is 0.317 e. The predicted octanol–water partition coefficient (Wildman–Crippen LogP) is 7.02. The van der Waals surface area contributed by atoms with Gasteiger partial charge < -0.3 is 9.47 Å². The van der Waals surface area contributed by atoms with E-state index < -0.39 is 5.41 Å². The van der Waals surface area contributed by atoms with Crippen LogP contribution in [0.4, 0.5) is 0 Å². The van der Waals surface area contributed by atoms with Crippen LogP contribution in [0.2, 0.25) is 0 Å². The minimum atomic E-state index is -0.703. The summed E-state index contributed by atoms with van der Waals surface area (Å²) in [5, 5.41) is 0. The van der Waals surface area contributed by atoms with Crippen molar-refractivity contribution in [3.8, 4) is 16.9 Å². The Hall–Kier alpha value is -3.33. The maximum absolute atomic E-state index is 13.9. The molecule has 2 aliphatic rings. The molecule has 34 heavy (non-hydrogen) atoms. The van der Waals surface area contributed by atoms with Gasteiger partial charge in [0.2, 0.25) is 0 Å². The van der Waals surface area contributed by atoms with Crippen LogP contribution >= 0.6 is 0 Å². The van der Waals surface area contributed by atoms with E-state index in [0.29, 0.717) is 5.92 Å². The number of rotatable bonds is 6. The van der Waals surface area contributed by atoms with Crippen molar-refractivity contribution in [3.63, 3.8) is 0 Å². The fourth-order valence-electron chi connectivity index (χ4n) is 7.09. The molecule has 3 nitrogen and oxygen atoms in total. The Kier molecular flexibility index (Phi) is 5.59. The summed E-state index contributed by atoms with van der Waals surface area (Å²) in [7, 11) is 3.21. The van der Waals surface area contributed by atoms with Crippen LogP contribution in [0.25, 0.3) is 17.2 Å². The Morgan fingerprint density at radius 3 is 2.29 bits per heavy atom. The summed E-state index contributed by atoms with van der Waals surface area (Å²) >= 11 is 0. The molecule has 0 N–H and O–H groups in total. The molecule has 4 atom stereocenters. The highest BCUT2D eigenvalue weighted by atomic mass is 16.5. The van der Waals surface area contributed by atoms with Crippen LogP contribution in [-0.4, -0.2) is 20.2 Å². The normalized spacial score (nSPS) is 26.7. The van der Waals surface area contributed by atoms with E-state index >= 15 is 0 Å². The Morgan fingerprint density at radius 1 is 0.941 bits per heavy atom. The zero-order valence-corrected chi connectivity index (χ0v) is 20.4. The molecule has 3 aromatic carbocycles. The summed E-state index contributed by atoms with van der Waals surface area (Å²) in [5.41, 5.74) is 4.96. The molecule has 3 aromatic rings. The summed E-state index contributed by atoms with van der Waals surface area (Å²) < 4.78 is 10.9. The van der Waals surface area contributed by atoms with Crippen LogP contribution in [0.15, 0.2) is 78.9 Å². The summed E-state index contributed by atoms with van der Waals surface area (Å²) in [6.07, 6.45) is 6.10. The molecule has 1 fully saturated rings. The molecule has 0 saturated heterocycles. The minimum Gasteiger partial charge on any atom is -0.497 e. The third-order valence-electron chi connectivity index (χ3n) is 8.61. The van der Waals surface area contributed by atoms with E-state index in [1.807, 2.05) is 12.1 Å². The molecular formula is C31H32O3. The molecule has 5 rings (SSSR count). The molecule has 0 unspecified atom stereocenters. The molecule has 0 heterocycles. The van der Waals surface area contributed by atoms with Crippen LogP contribution in [0, 0.1) is 11.3 Å². The molecule has 0 spiro atoms. The molecule has 0 aliphatic heterocycles. The topological polar surface area (TPSA) is 35.5 Å². The highest BCUT2D eigenvalue weighted by Gasteiger charge is 2.75. The van der Waals surface area contributed by atoms with Gasteiger partial charge in [0.15, 0.2) is 0 Å². The second kappa shape index (κ2) is 8.47. The maximum atomic E-state index is 13.9. The number of methoxy groups -OCH3 is 2. The summed E-state index contributed by atoms with van der Waals surface area (Å²) in [5.74, 6) is 1.16. The lowest BCUT2D eigenvalue weighted by Crippen LogP contribution is -2.70. The standard InChI is InChI=1S/C31H32O3/c1-5-30(20-10-11-22-16-18-23(33-3)19-17-22)21(2)28-26-14-7-6-12-24(26)25-13-8-9-15-27(25)31(28,30)29(32)34-4/h6-19,21,28H,5,20H2,1-4H3/b11-10+/t21-,28+,30+,31-/m0/s1. The van der Waals surface area contributed by atoms with Crippen molar-refractivity contribution in [3.05, 3.63) is 95.6 Å². The average Bonchev–Trinajstić information content (AvgIpc) is 2.89. The fourth-order valence-corrected chi connectivity index (χ4v) is 7.09. The van der Waals surface area contributed by atoms with Gasteiger partial charge in [-0.2, -0.15) is 0 Å². The summed E-state index contributed by atoms with van der Waals surface area (Å²) in [6.45, 7) is 4.54. The zero-order valence-electron chi connectivity index (χ0n) is 20.4. The van der Waals surface area contributed by atoms with Gasteiger partial charge in [0.1, 0.15) is 11.2 Å². The van der Waals surface area contributed by atoms with E-state index in [2.05, 4.69) is 86.7 Å². The molecule has 174 valence electrons. The SMILES string of the molecule is CC[C@@]1(C/C=C/c2ccc(OC)cc2)[C@@H](C)[C@@H]2c3ccccc3-c3ccccc3[C@@]21C(=O)OC. The van der Waals surface area contributed by atoms with E-state index in [4.69, 9.17) is 9.47 Å². The highest BCUT2D eigenvalue weighted by molar-refractivity contribution is 5.95. The van der Waals surface area contributed by atoms with Crippen LogP contribution < -0.4 is 4.74 Å². The van der Waals surface area contributed by atoms with Gasteiger partial charge in [-0.3, -0.25) is 4.79 Å². The number of ether oxygens (including phenoxy) is 2. The number of allylic oxidation sites excluding steroid dienone is 1. The van der Waals surface area contributed by atoms with E-state index in [1.54, 1.807) is 7.11 Å². The van der Waals surface area contributed by atoms with Gasteiger partial charge in [-0.15, -0.1) is 0 Å². The quantitative estimate of drug-likeness (QED) is 0.377. The third kappa shape index (κ3) is 2.86. The number of carbonyl (C=O) groups excluding carboxylic acids is 1. The third-order valence-corrected chi connectivity index (χ3v) is 8.61. The first-order chi connectivity index (χ1) is 16.5. The van der Waals surface area contributed by atoms with Gasteiger partial charge in [0, 0.05) is 5.92 Å². The first-order valence-electron chi connectivity index (χ1n) is 12.1. The first-order valence-corrected chi connectivity index (χ1v) is 12.1. The van der Waals surface area contributed by atoms with Crippen LogP contribution in [0.3, 0.4) is 0 Å². The van der Waals surface area contributed by atoms with Crippen molar-refractivity contribution >= 4 is 12.0 Å². The van der Waals surface area contributed by atoms with Crippen LogP contribution in [0.1, 0.15) is 49.3 Å². The van der Waals surface area contributed by atoms with E-state index in [1.165, 1.54) is 18.2 Å². The van der Waals surface area contributed by atoms with E-state index in [9.17, 15) is 4.79 Å². The van der Waals surface area contributed by atoms with Crippen LogP contribution in [-0.2, 0) is 14.9 Å². The lowest BCUT2D eigenvalue weighted by atomic mass is 9.32. The van der Waals surface area contributed by atoms with Gasteiger partial charge in [-0.25, -0.2) is 0 Å². The van der Waals surface area contributed by atoms with Gasteiger partial charge in [-0.05, 0) is 64.1 Å². The Balaban J connectivity index is 1.64. The second-order valence-electron chi connectivity index (χ2n) is 9.59. The number of hydrogen-bond acceptors (Lipinski definition) is 3. The lowest BCUT2D eigenvalue weighted by Gasteiger charge is -2.69. The number of carbonyl (C=O) groups is 1. The number of esters is 1. The molecule has 0 amide bonds. The van der Waals surface area contributed by atoms with Crippen molar-refractivity contribution < 1.29 is 14.3 Å². The molecule has 3 heteroatoms. The highest BCUT2D eigenvalue weighted by Crippen LogP contribution is 2.75. The number of fused-ring (bicyclic) bond motifs is 6. The van der Waals surface area contributed by atoms with Crippen molar-refractivity contribution in [2.24, 2.45) is 11.3 Å². The molecule has 0 aromatic heterocycles. The fraction of sp³-hybridized carbons (Fsp3) is 0.323. The van der Waals surface area contributed by atoms with E-state index in [0.717, 1.165) is 35.3 Å². The Labute approximate surface area is 202 Å². The van der Waals surface area contributed by atoms with Crippen molar-refractivity contribution in [2.75, 3.05) is 14.2 Å². The second-order valence-corrected chi connectivity index (χ2v) is 9.59. The van der Waals surface area contributed by atoms with Gasteiger partial charge in [0.05, 0.1) is 14.2 Å². The molecule has 2 aliphatic carbocycles. The molecule has 0 bridgehead atoms. The number of hydrogen-bond donors (Lipinski definition) is 0. The molecule has 1 saturated carbocycles. The zero-order chi connectivity index (χ0) is 23.9. The van der Waals surface area contributed by atoms with Crippen molar-refractivity contribution in [1.29, 1.82) is 0 Å². The summed E-state index contributed by atoms with van der Waals surface area (Å²) in [6, 6.07) is 25.1. The average molecular weight is 453 g/mol. The van der Waals surface area contributed by atoms with E-state index in [-0.39, 0.29) is 17.3 Å². The first kappa shape index (κ1) is 22.5. The largest absolute Gasteiger partial charge is 0.497 e. The van der Waals surface area contributed by atoms with Crippen molar-refractivity contribution in [1.82, 2.24) is 0 Å². The molecule has 0 radical (unpaired) electrons.